The second-order valence-electron chi connectivity index (χ2n) is 6.04. The summed E-state index contributed by atoms with van der Waals surface area (Å²) >= 11 is 0. The number of nitrogens with zero attached hydrogens (tertiary/aromatic N) is 2. The SMILES string of the molecule is COC(O)Nc1ccc(N2C(=O)N(C)C(=O)C23CCNCC3)cc1. The van der Waals surface area contributed by atoms with E-state index in [9.17, 15) is 14.7 Å². The quantitative estimate of drug-likeness (QED) is 0.550. The van der Waals surface area contributed by atoms with Crippen LogP contribution < -0.4 is 15.5 Å². The normalized spacial score (nSPS) is 21.5. The number of hydrogen-bond acceptors (Lipinski definition) is 6. The van der Waals surface area contributed by atoms with Gasteiger partial charge in [0.15, 0.2) is 0 Å². The molecule has 0 aliphatic carbocycles. The largest absolute Gasteiger partial charge is 0.351 e. The molecule has 0 radical (unpaired) electrons. The fourth-order valence-corrected chi connectivity index (χ4v) is 3.37. The average molecular weight is 334 g/mol. The Kier molecular flexibility index (Phi) is 4.44. The third kappa shape index (κ3) is 2.62. The molecule has 0 saturated carbocycles. The number of anilines is 2. The predicted molar refractivity (Wildman–Crippen MR) is 88.6 cm³/mol. The molecule has 2 aliphatic heterocycles. The smallest absolute Gasteiger partial charge is 0.331 e. The number of piperidine rings is 1. The van der Waals surface area contributed by atoms with Crippen LogP contribution in [0.4, 0.5) is 16.2 Å². The maximum absolute atomic E-state index is 12.7. The summed E-state index contributed by atoms with van der Waals surface area (Å²) in [6.07, 6.45) is 0.0713. The molecule has 8 nitrogen and oxygen atoms in total. The number of aliphatic hydroxyl groups excluding tert-OH is 1. The number of aliphatic hydroxyl groups is 1. The first-order valence-electron chi connectivity index (χ1n) is 7.90. The summed E-state index contributed by atoms with van der Waals surface area (Å²) in [5.74, 6) is -0.147. The monoisotopic (exact) mass is 334 g/mol. The van der Waals surface area contributed by atoms with Crippen LogP contribution in [0.25, 0.3) is 0 Å². The molecule has 3 rings (SSSR count). The van der Waals surface area contributed by atoms with Gasteiger partial charge in [0.05, 0.1) is 0 Å². The molecule has 24 heavy (non-hydrogen) atoms. The highest BCUT2D eigenvalue weighted by molar-refractivity contribution is 6.16. The summed E-state index contributed by atoms with van der Waals surface area (Å²) in [6.45, 7) is 1.39. The van der Waals surface area contributed by atoms with Crippen molar-refractivity contribution < 1.29 is 19.4 Å². The number of benzene rings is 1. The van der Waals surface area contributed by atoms with Crippen molar-refractivity contribution in [1.82, 2.24) is 10.2 Å². The average Bonchev–Trinajstić information content (AvgIpc) is 2.78. The topological polar surface area (TPSA) is 94.1 Å². The van der Waals surface area contributed by atoms with Crippen LogP contribution in [0, 0.1) is 0 Å². The van der Waals surface area contributed by atoms with Crippen LogP contribution in [-0.4, -0.2) is 61.1 Å². The van der Waals surface area contributed by atoms with Crippen LogP contribution in [0.2, 0.25) is 0 Å². The Hall–Kier alpha value is -2.16. The Morgan fingerprint density at radius 3 is 2.46 bits per heavy atom. The van der Waals surface area contributed by atoms with E-state index in [0.717, 1.165) is 0 Å². The zero-order valence-corrected chi connectivity index (χ0v) is 13.8. The minimum absolute atomic E-state index is 0.147. The summed E-state index contributed by atoms with van der Waals surface area (Å²) < 4.78 is 4.74. The van der Waals surface area contributed by atoms with Gasteiger partial charge in [-0.25, -0.2) is 4.79 Å². The van der Waals surface area contributed by atoms with Crippen LogP contribution in [0.15, 0.2) is 24.3 Å². The molecule has 8 heteroatoms. The van der Waals surface area contributed by atoms with E-state index in [0.29, 0.717) is 37.3 Å². The van der Waals surface area contributed by atoms with E-state index in [1.807, 2.05) is 0 Å². The highest BCUT2D eigenvalue weighted by Gasteiger charge is 2.56. The van der Waals surface area contributed by atoms with E-state index in [-0.39, 0.29) is 11.9 Å². The number of rotatable bonds is 4. The third-order valence-electron chi connectivity index (χ3n) is 4.68. The van der Waals surface area contributed by atoms with E-state index in [1.165, 1.54) is 19.1 Å². The molecule has 3 N–H and O–H groups in total. The lowest BCUT2D eigenvalue weighted by molar-refractivity contribution is -0.130. The van der Waals surface area contributed by atoms with Crippen molar-refractivity contribution in [3.8, 4) is 0 Å². The van der Waals surface area contributed by atoms with E-state index >= 15 is 0 Å². The standard InChI is InChI=1S/C16H22N4O4/c1-19-13(21)16(7-9-17-10-8-16)20(15(19)23)12-5-3-11(4-6-12)18-14(22)24-2/h3-6,14,17-18,22H,7-10H2,1-2H3. The molecular formula is C16H22N4O4. The molecule has 1 aromatic rings. The van der Waals surface area contributed by atoms with Crippen LogP contribution >= 0.6 is 0 Å². The lowest BCUT2D eigenvalue weighted by Gasteiger charge is -2.38. The summed E-state index contributed by atoms with van der Waals surface area (Å²) in [5.41, 5.74) is 0.508. The molecule has 0 bridgehead atoms. The van der Waals surface area contributed by atoms with Crippen molar-refractivity contribution in [1.29, 1.82) is 0 Å². The number of imide groups is 1. The van der Waals surface area contributed by atoms with Gasteiger partial charge in [-0.05, 0) is 50.2 Å². The van der Waals surface area contributed by atoms with Crippen molar-refractivity contribution in [3.63, 3.8) is 0 Å². The number of carbonyl (C=O) groups excluding carboxylic acids is 2. The Bertz CT molecular complexity index is 627. The molecule has 1 unspecified atom stereocenters. The van der Waals surface area contributed by atoms with Gasteiger partial charge in [0.1, 0.15) is 5.54 Å². The highest BCUT2D eigenvalue weighted by Crippen LogP contribution is 2.39. The van der Waals surface area contributed by atoms with Gasteiger partial charge >= 0.3 is 6.03 Å². The van der Waals surface area contributed by atoms with Crippen molar-refractivity contribution in [3.05, 3.63) is 24.3 Å². The molecule has 1 spiro atoms. The number of ether oxygens (including phenoxy) is 1. The molecule has 1 aromatic carbocycles. The lowest BCUT2D eigenvalue weighted by atomic mass is 9.86. The maximum Gasteiger partial charge on any atom is 0.331 e. The molecule has 2 fully saturated rings. The number of urea groups is 1. The van der Waals surface area contributed by atoms with Crippen LogP contribution in [0.5, 0.6) is 0 Å². The van der Waals surface area contributed by atoms with Gasteiger partial charge in [-0.15, -0.1) is 0 Å². The molecule has 130 valence electrons. The van der Waals surface area contributed by atoms with Gasteiger partial charge in [-0.1, -0.05) is 0 Å². The fourth-order valence-electron chi connectivity index (χ4n) is 3.37. The van der Waals surface area contributed by atoms with Gasteiger partial charge in [-0.3, -0.25) is 14.6 Å². The van der Waals surface area contributed by atoms with E-state index in [1.54, 1.807) is 29.2 Å². The van der Waals surface area contributed by atoms with E-state index in [4.69, 9.17) is 4.74 Å². The second kappa shape index (κ2) is 6.39. The summed E-state index contributed by atoms with van der Waals surface area (Å²) in [4.78, 5) is 28.1. The second-order valence-corrected chi connectivity index (χ2v) is 6.04. The molecular weight excluding hydrogens is 312 g/mol. The third-order valence-corrected chi connectivity index (χ3v) is 4.68. The zero-order chi connectivity index (χ0) is 17.3. The van der Waals surface area contributed by atoms with E-state index < -0.39 is 12.0 Å². The van der Waals surface area contributed by atoms with Crippen molar-refractivity contribution in [2.75, 3.05) is 37.5 Å². The molecule has 2 heterocycles. The van der Waals surface area contributed by atoms with Crippen LogP contribution in [0.3, 0.4) is 0 Å². The van der Waals surface area contributed by atoms with Crippen molar-refractivity contribution >= 4 is 23.3 Å². The number of likely N-dealkylation sites (N-methyl/N-ethyl adjacent to an activating group) is 1. The number of hydrogen-bond donors (Lipinski definition) is 3. The van der Waals surface area contributed by atoms with Crippen molar-refractivity contribution in [2.45, 2.75) is 24.8 Å². The first-order chi connectivity index (χ1) is 11.5. The predicted octanol–water partition coefficient (Wildman–Crippen LogP) is 0.541. The maximum atomic E-state index is 12.7. The first kappa shape index (κ1) is 16.7. The van der Waals surface area contributed by atoms with Gasteiger partial charge in [0, 0.05) is 25.5 Å². The molecule has 0 aromatic heterocycles. The summed E-state index contributed by atoms with van der Waals surface area (Å²) in [5, 5.41) is 15.4. The van der Waals surface area contributed by atoms with Crippen LogP contribution in [0.1, 0.15) is 12.8 Å². The Morgan fingerprint density at radius 1 is 1.25 bits per heavy atom. The minimum Gasteiger partial charge on any atom is -0.351 e. The van der Waals surface area contributed by atoms with Gasteiger partial charge < -0.3 is 20.5 Å². The summed E-state index contributed by atoms with van der Waals surface area (Å²) in [6, 6.07) is 6.70. The highest BCUT2D eigenvalue weighted by atomic mass is 16.6. The number of nitrogens with one attached hydrogen (secondary N) is 2. The Balaban J connectivity index is 1.91. The van der Waals surface area contributed by atoms with Crippen LogP contribution in [-0.2, 0) is 9.53 Å². The first-order valence-corrected chi connectivity index (χ1v) is 7.90. The van der Waals surface area contributed by atoms with Gasteiger partial charge in [0.25, 0.3) is 5.91 Å². The number of amides is 3. The molecule has 3 amide bonds. The number of carbonyl (C=O) groups is 2. The summed E-state index contributed by atoms with van der Waals surface area (Å²) in [7, 11) is 2.91. The molecule has 2 saturated heterocycles. The minimum atomic E-state index is -1.10. The molecule has 1 atom stereocenters. The van der Waals surface area contributed by atoms with Gasteiger partial charge in [0.2, 0.25) is 6.41 Å². The Morgan fingerprint density at radius 2 is 1.88 bits per heavy atom. The fraction of sp³-hybridized carbons (Fsp3) is 0.500. The van der Waals surface area contributed by atoms with Crippen molar-refractivity contribution in [2.24, 2.45) is 0 Å². The van der Waals surface area contributed by atoms with E-state index in [2.05, 4.69) is 10.6 Å². The lowest BCUT2D eigenvalue weighted by Crippen LogP contribution is -2.56. The van der Waals surface area contributed by atoms with Gasteiger partial charge in [-0.2, -0.15) is 0 Å². The number of methoxy groups -OCH3 is 1. The zero-order valence-electron chi connectivity index (χ0n) is 13.8. The Labute approximate surface area is 140 Å². The molecule has 2 aliphatic rings.